The van der Waals surface area contributed by atoms with Crippen molar-refractivity contribution in [3.05, 3.63) is 23.8 Å². The number of urea groups is 1. The van der Waals surface area contributed by atoms with E-state index in [4.69, 9.17) is 0 Å². The first-order valence-corrected chi connectivity index (χ1v) is 8.12. The monoisotopic (exact) mass is 303 g/mol. The number of fused-ring (bicyclic) bond motifs is 1. The van der Waals surface area contributed by atoms with Crippen molar-refractivity contribution in [2.45, 2.75) is 32.1 Å². The zero-order valence-corrected chi connectivity index (χ0v) is 13.2. The van der Waals surface area contributed by atoms with Crippen molar-refractivity contribution in [2.75, 3.05) is 37.0 Å². The summed E-state index contributed by atoms with van der Waals surface area (Å²) in [5.74, 6) is 0. The molecule has 2 amide bonds. The second-order valence-electron chi connectivity index (χ2n) is 6.69. The third-order valence-electron chi connectivity index (χ3n) is 5.09. The van der Waals surface area contributed by atoms with Crippen LogP contribution in [0.1, 0.15) is 31.2 Å². The highest BCUT2D eigenvalue weighted by molar-refractivity contribution is 5.90. The Bertz CT molecular complexity index is 553. The molecule has 0 atom stereocenters. The van der Waals surface area contributed by atoms with Crippen LogP contribution in [-0.2, 0) is 6.42 Å². The van der Waals surface area contributed by atoms with Crippen molar-refractivity contribution in [3.63, 3.8) is 0 Å². The summed E-state index contributed by atoms with van der Waals surface area (Å²) in [7, 11) is 2.07. The van der Waals surface area contributed by atoms with E-state index in [1.54, 1.807) is 0 Å². The highest BCUT2D eigenvalue weighted by atomic mass is 16.3. The van der Waals surface area contributed by atoms with Crippen molar-refractivity contribution in [3.8, 4) is 0 Å². The minimum atomic E-state index is -0.194. The Labute approximate surface area is 131 Å². The summed E-state index contributed by atoms with van der Waals surface area (Å²) in [4.78, 5) is 14.3. The molecule has 1 aromatic rings. The lowest BCUT2D eigenvalue weighted by Gasteiger charge is -2.26. The standard InChI is InChI=1S/C17H25N3O2/c1-20-9-6-13-4-5-14(10-15(13)20)19-16(22)18-11-17(12-21)7-2-3-8-17/h4-5,10,21H,2-3,6-9,11-12H2,1H3,(H2,18,19,22). The molecule has 0 bridgehead atoms. The summed E-state index contributed by atoms with van der Waals surface area (Å²) in [6.45, 7) is 1.72. The van der Waals surface area contributed by atoms with E-state index in [0.29, 0.717) is 6.54 Å². The van der Waals surface area contributed by atoms with Crippen molar-refractivity contribution < 1.29 is 9.90 Å². The summed E-state index contributed by atoms with van der Waals surface area (Å²) in [6, 6.07) is 5.87. The van der Waals surface area contributed by atoms with Gasteiger partial charge in [0.25, 0.3) is 0 Å². The van der Waals surface area contributed by atoms with Crippen LogP contribution in [0.25, 0.3) is 0 Å². The SMILES string of the molecule is CN1CCc2ccc(NC(=O)NCC3(CO)CCCC3)cc21. The number of rotatable bonds is 4. The lowest BCUT2D eigenvalue weighted by Crippen LogP contribution is -2.40. The van der Waals surface area contributed by atoms with Gasteiger partial charge in [-0.15, -0.1) is 0 Å². The maximum atomic E-state index is 12.1. The number of hydrogen-bond acceptors (Lipinski definition) is 3. The molecular formula is C17H25N3O2. The van der Waals surface area contributed by atoms with Crippen LogP contribution < -0.4 is 15.5 Å². The zero-order valence-electron chi connectivity index (χ0n) is 13.2. The zero-order chi connectivity index (χ0) is 15.6. The van der Waals surface area contributed by atoms with Gasteiger partial charge in [0.1, 0.15) is 0 Å². The molecule has 1 heterocycles. The van der Waals surface area contributed by atoms with Crippen LogP contribution in [0.3, 0.4) is 0 Å². The van der Waals surface area contributed by atoms with Crippen LogP contribution in [0, 0.1) is 5.41 Å². The number of amides is 2. The minimum Gasteiger partial charge on any atom is -0.396 e. The number of carbonyl (C=O) groups excluding carboxylic acids is 1. The van der Waals surface area contributed by atoms with Crippen LogP contribution >= 0.6 is 0 Å². The minimum absolute atomic E-state index is 0.116. The molecule has 1 saturated carbocycles. The van der Waals surface area contributed by atoms with E-state index in [-0.39, 0.29) is 18.1 Å². The van der Waals surface area contributed by atoms with Crippen molar-refractivity contribution in [1.82, 2.24) is 5.32 Å². The molecule has 5 heteroatoms. The summed E-state index contributed by atoms with van der Waals surface area (Å²) < 4.78 is 0. The molecule has 0 saturated heterocycles. The largest absolute Gasteiger partial charge is 0.396 e. The second-order valence-corrected chi connectivity index (χ2v) is 6.69. The third kappa shape index (κ3) is 3.04. The number of benzene rings is 1. The summed E-state index contributed by atoms with van der Waals surface area (Å²) in [6.07, 6.45) is 5.33. The first kappa shape index (κ1) is 15.2. The number of anilines is 2. The smallest absolute Gasteiger partial charge is 0.319 e. The molecule has 0 spiro atoms. The maximum absolute atomic E-state index is 12.1. The lowest BCUT2D eigenvalue weighted by molar-refractivity contribution is 0.130. The highest BCUT2D eigenvalue weighted by Gasteiger charge is 2.33. The number of aliphatic hydroxyl groups is 1. The van der Waals surface area contributed by atoms with E-state index in [2.05, 4.69) is 28.6 Å². The fraction of sp³-hybridized carbons (Fsp3) is 0.588. The molecule has 0 aromatic heterocycles. The molecule has 1 aliphatic carbocycles. The molecular weight excluding hydrogens is 278 g/mol. The Balaban J connectivity index is 1.57. The average molecular weight is 303 g/mol. The molecule has 0 radical (unpaired) electrons. The van der Waals surface area contributed by atoms with Crippen LogP contribution in [0.15, 0.2) is 18.2 Å². The van der Waals surface area contributed by atoms with Gasteiger partial charge in [0, 0.05) is 36.9 Å². The second kappa shape index (κ2) is 6.16. The number of aliphatic hydroxyl groups excluding tert-OH is 1. The molecule has 5 nitrogen and oxygen atoms in total. The quantitative estimate of drug-likeness (QED) is 0.800. The van der Waals surface area contributed by atoms with E-state index in [1.807, 2.05) is 12.1 Å². The normalized spacial score (nSPS) is 19.1. The van der Waals surface area contributed by atoms with Gasteiger partial charge in [0.15, 0.2) is 0 Å². The van der Waals surface area contributed by atoms with E-state index in [9.17, 15) is 9.90 Å². The Hall–Kier alpha value is -1.75. The highest BCUT2D eigenvalue weighted by Crippen LogP contribution is 2.37. The van der Waals surface area contributed by atoms with Crippen LogP contribution in [0.5, 0.6) is 0 Å². The number of nitrogens with zero attached hydrogens (tertiary/aromatic N) is 1. The van der Waals surface area contributed by atoms with Crippen LogP contribution in [0.4, 0.5) is 16.2 Å². The fourth-order valence-corrected chi connectivity index (χ4v) is 3.58. The average Bonchev–Trinajstić information content (AvgIpc) is 3.14. The Morgan fingerprint density at radius 1 is 1.36 bits per heavy atom. The molecule has 0 unspecified atom stereocenters. The van der Waals surface area contributed by atoms with Crippen LogP contribution in [0.2, 0.25) is 0 Å². The van der Waals surface area contributed by atoms with Crippen molar-refractivity contribution >= 4 is 17.4 Å². The topological polar surface area (TPSA) is 64.6 Å². The molecule has 1 aromatic carbocycles. The predicted molar refractivity (Wildman–Crippen MR) is 88.4 cm³/mol. The number of carbonyl (C=O) groups is 1. The van der Waals surface area contributed by atoms with E-state index < -0.39 is 0 Å². The number of nitrogens with one attached hydrogen (secondary N) is 2. The molecule has 2 aliphatic rings. The number of hydrogen-bond donors (Lipinski definition) is 3. The molecule has 1 fully saturated rings. The Morgan fingerprint density at radius 3 is 2.86 bits per heavy atom. The lowest BCUT2D eigenvalue weighted by atomic mass is 9.87. The molecule has 120 valence electrons. The summed E-state index contributed by atoms with van der Waals surface area (Å²) >= 11 is 0. The molecule has 22 heavy (non-hydrogen) atoms. The molecule has 3 N–H and O–H groups in total. The fourth-order valence-electron chi connectivity index (χ4n) is 3.58. The molecule has 3 rings (SSSR count). The van der Waals surface area contributed by atoms with Gasteiger partial charge in [-0.05, 0) is 37.0 Å². The third-order valence-corrected chi connectivity index (χ3v) is 5.09. The Morgan fingerprint density at radius 2 is 2.14 bits per heavy atom. The first-order chi connectivity index (χ1) is 10.6. The van der Waals surface area contributed by atoms with Gasteiger partial charge < -0.3 is 20.6 Å². The van der Waals surface area contributed by atoms with E-state index in [1.165, 1.54) is 11.3 Å². The number of likely N-dealkylation sites (N-methyl/N-ethyl adjacent to an activating group) is 1. The Kier molecular flexibility index (Phi) is 4.25. The van der Waals surface area contributed by atoms with Gasteiger partial charge in [-0.2, -0.15) is 0 Å². The summed E-state index contributed by atoms with van der Waals surface area (Å²) in [5, 5.41) is 15.4. The van der Waals surface area contributed by atoms with E-state index in [0.717, 1.165) is 44.3 Å². The van der Waals surface area contributed by atoms with Gasteiger partial charge in [0.05, 0.1) is 6.61 Å². The van der Waals surface area contributed by atoms with Crippen molar-refractivity contribution in [2.24, 2.45) is 5.41 Å². The van der Waals surface area contributed by atoms with E-state index >= 15 is 0 Å². The maximum Gasteiger partial charge on any atom is 0.319 e. The summed E-state index contributed by atoms with van der Waals surface area (Å²) in [5.41, 5.74) is 3.23. The van der Waals surface area contributed by atoms with Crippen molar-refractivity contribution in [1.29, 1.82) is 0 Å². The van der Waals surface area contributed by atoms with Gasteiger partial charge >= 0.3 is 6.03 Å². The van der Waals surface area contributed by atoms with Crippen LogP contribution in [-0.4, -0.2) is 37.9 Å². The van der Waals surface area contributed by atoms with Gasteiger partial charge in [-0.25, -0.2) is 4.79 Å². The van der Waals surface area contributed by atoms with Gasteiger partial charge in [-0.3, -0.25) is 0 Å². The van der Waals surface area contributed by atoms with Gasteiger partial charge in [0.2, 0.25) is 0 Å². The van der Waals surface area contributed by atoms with Gasteiger partial charge in [-0.1, -0.05) is 18.9 Å². The molecule has 1 aliphatic heterocycles. The predicted octanol–water partition coefficient (Wildman–Crippen LogP) is 2.35. The first-order valence-electron chi connectivity index (χ1n) is 8.12.